The maximum Gasteiger partial charge on any atom is 0.253 e. The van der Waals surface area contributed by atoms with Crippen LogP contribution < -0.4 is 10.1 Å². The fourth-order valence-electron chi connectivity index (χ4n) is 2.98. The zero-order chi connectivity index (χ0) is 21.2. The van der Waals surface area contributed by atoms with E-state index in [-0.39, 0.29) is 17.3 Å². The molecular weight excluding hydrogens is 390 g/mol. The van der Waals surface area contributed by atoms with Gasteiger partial charge < -0.3 is 10.1 Å². The lowest BCUT2D eigenvalue weighted by Gasteiger charge is -2.16. The van der Waals surface area contributed by atoms with E-state index in [1.165, 1.54) is 20.2 Å². The number of sulfonamides is 1. The van der Waals surface area contributed by atoms with Gasteiger partial charge >= 0.3 is 0 Å². The Morgan fingerprint density at radius 1 is 1.14 bits per heavy atom. The highest BCUT2D eigenvalue weighted by atomic mass is 32.2. The molecule has 3 rings (SSSR count). The van der Waals surface area contributed by atoms with Crippen LogP contribution in [0, 0.1) is 6.92 Å². The average Bonchev–Trinajstić information content (AvgIpc) is 2.71. The summed E-state index contributed by atoms with van der Waals surface area (Å²) in [5, 5.41) is 3.60. The van der Waals surface area contributed by atoms with Gasteiger partial charge in [0.05, 0.1) is 28.8 Å². The van der Waals surface area contributed by atoms with Crippen molar-refractivity contribution >= 4 is 26.8 Å². The summed E-state index contributed by atoms with van der Waals surface area (Å²) in [6.45, 7) is 1.85. The number of nitrogens with zero attached hydrogens (tertiary/aromatic N) is 2. The van der Waals surface area contributed by atoms with Gasteiger partial charge in [0.2, 0.25) is 10.0 Å². The minimum Gasteiger partial charge on any atom is -0.497 e. The van der Waals surface area contributed by atoms with E-state index in [0.29, 0.717) is 22.6 Å². The molecule has 3 aromatic rings. The van der Waals surface area contributed by atoms with Crippen LogP contribution in [-0.4, -0.2) is 44.8 Å². The Morgan fingerprint density at radius 2 is 1.86 bits per heavy atom. The molecule has 0 saturated carbocycles. The number of methoxy groups -OCH3 is 1. The lowest BCUT2D eigenvalue weighted by molar-refractivity contribution is 0.0949. The SMILES string of the molecule is COc1ccc2nc(C)c(C(=O)NCc3ccccc3S(=O)(=O)N(C)C)cc2c1. The number of amides is 1. The number of rotatable bonds is 6. The molecule has 8 heteroatoms. The van der Waals surface area contributed by atoms with Crippen LogP contribution in [0.15, 0.2) is 53.4 Å². The fourth-order valence-corrected chi connectivity index (χ4v) is 4.09. The van der Waals surface area contributed by atoms with Gasteiger partial charge in [0.1, 0.15) is 5.75 Å². The Balaban J connectivity index is 1.88. The third-order valence-corrected chi connectivity index (χ3v) is 6.54. The van der Waals surface area contributed by atoms with Gasteiger partial charge in [-0.3, -0.25) is 9.78 Å². The van der Waals surface area contributed by atoms with E-state index in [4.69, 9.17) is 4.74 Å². The minimum atomic E-state index is -3.61. The van der Waals surface area contributed by atoms with Crippen LogP contribution in [0.25, 0.3) is 10.9 Å². The molecule has 0 aliphatic heterocycles. The lowest BCUT2D eigenvalue weighted by atomic mass is 10.1. The molecule has 0 unspecified atom stereocenters. The second-order valence-corrected chi connectivity index (χ2v) is 8.88. The van der Waals surface area contributed by atoms with Crippen molar-refractivity contribution in [1.29, 1.82) is 0 Å². The molecular formula is C21H23N3O4S. The van der Waals surface area contributed by atoms with Crippen LogP contribution in [0.5, 0.6) is 5.75 Å². The standard InChI is InChI=1S/C21H23N3O4S/c1-14-18(12-16-11-17(28-4)9-10-19(16)23-14)21(25)22-13-15-7-5-6-8-20(15)29(26,27)24(2)3/h5-12H,13H2,1-4H3,(H,22,25). The zero-order valence-corrected chi connectivity index (χ0v) is 17.6. The molecule has 0 aliphatic rings. The molecule has 0 fully saturated rings. The Kier molecular flexibility index (Phi) is 5.86. The third kappa shape index (κ3) is 4.23. The first-order valence-electron chi connectivity index (χ1n) is 8.98. The van der Waals surface area contributed by atoms with Gasteiger partial charge in [0.15, 0.2) is 0 Å². The van der Waals surface area contributed by atoms with Crippen molar-refractivity contribution in [2.24, 2.45) is 0 Å². The molecule has 1 aromatic heterocycles. The summed E-state index contributed by atoms with van der Waals surface area (Å²) in [5.74, 6) is 0.356. The Hall–Kier alpha value is -2.97. The highest BCUT2D eigenvalue weighted by Crippen LogP contribution is 2.22. The highest BCUT2D eigenvalue weighted by Gasteiger charge is 2.21. The molecule has 7 nitrogen and oxygen atoms in total. The smallest absolute Gasteiger partial charge is 0.253 e. The Morgan fingerprint density at radius 3 is 2.55 bits per heavy atom. The van der Waals surface area contributed by atoms with Crippen LogP contribution >= 0.6 is 0 Å². The summed E-state index contributed by atoms with van der Waals surface area (Å²) in [4.78, 5) is 17.4. The summed E-state index contributed by atoms with van der Waals surface area (Å²) in [7, 11) is 0.921. The van der Waals surface area contributed by atoms with E-state index in [1.807, 2.05) is 18.2 Å². The summed E-state index contributed by atoms with van der Waals surface area (Å²) < 4.78 is 31.4. The summed E-state index contributed by atoms with van der Waals surface area (Å²) in [5.41, 5.74) is 2.30. The number of hydrogen-bond donors (Lipinski definition) is 1. The molecule has 152 valence electrons. The van der Waals surface area contributed by atoms with Gasteiger partial charge in [-0.1, -0.05) is 18.2 Å². The molecule has 1 N–H and O–H groups in total. The van der Waals surface area contributed by atoms with Crippen LogP contribution in [0.2, 0.25) is 0 Å². The highest BCUT2D eigenvalue weighted by molar-refractivity contribution is 7.89. The van der Waals surface area contributed by atoms with Crippen LogP contribution in [-0.2, 0) is 16.6 Å². The molecule has 29 heavy (non-hydrogen) atoms. The second kappa shape index (κ2) is 8.18. The van der Waals surface area contributed by atoms with Gasteiger partial charge in [0, 0.05) is 26.0 Å². The summed E-state index contributed by atoms with van der Waals surface area (Å²) in [6, 6.07) is 13.9. The van der Waals surface area contributed by atoms with Crippen molar-refractivity contribution in [3.8, 4) is 5.75 Å². The van der Waals surface area contributed by atoms with E-state index >= 15 is 0 Å². The van der Waals surface area contributed by atoms with Gasteiger partial charge in [-0.15, -0.1) is 0 Å². The number of aryl methyl sites for hydroxylation is 1. The molecule has 0 aliphatic carbocycles. The number of carbonyl (C=O) groups is 1. The number of aromatic nitrogens is 1. The minimum absolute atomic E-state index is 0.0810. The van der Waals surface area contributed by atoms with E-state index in [2.05, 4.69) is 10.3 Å². The number of fused-ring (bicyclic) bond motifs is 1. The van der Waals surface area contributed by atoms with Crippen molar-refractivity contribution in [1.82, 2.24) is 14.6 Å². The second-order valence-electron chi connectivity index (χ2n) is 6.76. The number of carbonyl (C=O) groups excluding carboxylic acids is 1. The molecule has 0 saturated heterocycles. The first kappa shape index (κ1) is 20.8. The molecule has 0 bridgehead atoms. The van der Waals surface area contributed by atoms with E-state index in [1.54, 1.807) is 38.3 Å². The van der Waals surface area contributed by atoms with Crippen LogP contribution in [0.3, 0.4) is 0 Å². The zero-order valence-electron chi connectivity index (χ0n) is 16.8. The lowest BCUT2D eigenvalue weighted by Crippen LogP contribution is -2.27. The predicted octanol–water partition coefficient (Wildman–Crippen LogP) is 2.73. The van der Waals surface area contributed by atoms with Crippen molar-refractivity contribution in [2.75, 3.05) is 21.2 Å². The maximum absolute atomic E-state index is 12.8. The number of nitrogens with one attached hydrogen (secondary N) is 1. The van der Waals surface area contributed by atoms with E-state index < -0.39 is 10.0 Å². The monoisotopic (exact) mass is 413 g/mol. The first-order valence-corrected chi connectivity index (χ1v) is 10.4. The molecule has 1 amide bonds. The number of hydrogen-bond acceptors (Lipinski definition) is 5. The molecule has 2 aromatic carbocycles. The fraction of sp³-hybridized carbons (Fsp3) is 0.238. The van der Waals surface area contributed by atoms with Crippen LogP contribution in [0.1, 0.15) is 21.6 Å². The quantitative estimate of drug-likeness (QED) is 0.671. The predicted molar refractivity (Wildman–Crippen MR) is 112 cm³/mol. The Labute approximate surface area is 170 Å². The van der Waals surface area contributed by atoms with Gasteiger partial charge in [-0.2, -0.15) is 0 Å². The molecule has 0 atom stereocenters. The van der Waals surface area contributed by atoms with Gasteiger partial charge in [-0.25, -0.2) is 12.7 Å². The molecule has 1 heterocycles. The average molecular weight is 413 g/mol. The topological polar surface area (TPSA) is 88.6 Å². The van der Waals surface area contributed by atoms with Crippen molar-refractivity contribution in [3.05, 3.63) is 65.4 Å². The van der Waals surface area contributed by atoms with Crippen molar-refractivity contribution < 1.29 is 17.9 Å². The maximum atomic E-state index is 12.8. The molecule has 0 radical (unpaired) electrons. The first-order chi connectivity index (χ1) is 13.7. The number of benzene rings is 2. The van der Waals surface area contributed by atoms with Gasteiger partial charge in [0.25, 0.3) is 5.91 Å². The van der Waals surface area contributed by atoms with Crippen molar-refractivity contribution in [3.63, 3.8) is 0 Å². The largest absolute Gasteiger partial charge is 0.497 e. The number of ether oxygens (including phenoxy) is 1. The molecule has 0 spiro atoms. The van der Waals surface area contributed by atoms with E-state index in [9.17, 15) is 13.2 Å². The summed E-state index contributed by atoms with van der Waals surface area (Å²) >= 11 is 0. The Bertz CT molecular complexity index is 1170. The van der Waals surface area contributed by atoms with Crippen LogP contribution in [0.4, 0.5) is 0 Å². The van der Waals surface area contributed by atoms with Crippen molar-refractivity contribution in [2.45, 2.75) is 18.4 Å². The van der Waals surface area contributed by atoms with E-state index in [0.717, 1.165) is 15.2 Å². The number of pyridine rings is 1. The normalized spacial score (nSPS) is 11.6. The third-order valence-electron chi connectivity index (χ3n) is 4.63. The van der Waals surface area contributed by atoms with Gasteiger partial charge in [-0.05, 0) is 42.8 Å². The summed E-state index contributed by atoms with van der Waals surface area (Å²) in [6.07, 6.45) is 0.